The molecule has 9 heteroatoms. The summed E-state index contributed by atoms with van der Waals surface area (Å²) in [4.78, 5) is 11.5. The number of nitro groups is 1. The van der Waals surface area contributed by atoms with E-state index < -0.39 is 11.0 Å². The summed E-state index contributed by atoms with van der Waals surface area (Å²) in [6.45, 7) is 0.0398. The van der Waals surface area contributed by atoms with Gasteiger partial charge < -0.3 is 9.84 Å². The minimum atomic E-state index is -0.892. The van der Waals surface area contributed by atoms with Crippen LogP contribution in [0.4, 0.5) is 5.69 Å². The molecule has 1 aromatic heterocycles. The van der Waals surface area contributed by atoms with Gasteiger partial charge in [0, 0.05) is 11.6 Å². The van der Waals surface area contributed by atoms with Gasteiger partial charge in [-0.15, -0.1) is 10.2 Å². The number of hydrogen-bond acceptors (Lipinski definition) is 7. The fourth-order valence-corrected chi connectivity index (χ4v) is 2.14. The zero-order valence-electron chi connectivity index (χ0n) is 13.1. The molecule has 0 aliphatic heterocycles. The molecule has 0 saturated carbocycles. The van der Waals surface area contributed by atoms with Gasteiger partial charge in [0.2, 0.25) is 5.82 Å². The standard InChI is InChI=1S/C16H15N5O4/c22-14(11-25-15-8-4-7-13(9-15)21(23)24)10-20-18-16(17-19-20)12-5-2-1-3-6-12/h1-9,14,22H,10-11H2. The van der Waals surface area contributed by atoms with Gasteiger partial charge in [-0.05, 0) is 11.3 Å². The molecular formula is C16H15N5O4. The third-order valence-corrected chi connectivity index (χ3v) is 3.33. The van der Waals surface area contributed by atoms with E-state index in [2.05, 4.69) is 15.4 Å². The molecule has 1 atom stereocenters. The molecule has 128 valence electrons. The molecule has 0 aliphatic carbocycles. The predicted octanol–water partition coefficient (Wildman–Crippen LogP) is 1.69. The summed E-state index contributed by atoms with van der Waals surface area (Å²) in [5.74, 6) is 0.775. The number of ether oxygens (including phenoxy) is 1. The molecule has 1 N–H and O–H groups in total. The van der Waals surface area contributed by atoms with Gasteiger partial charge in [-0.2, -0.15) is 4.80 Å². The van der Waals surface area contributed by atoms with Gasteiger partial charge in [0.25, 0.3) is 5.69 Å². The van der Waals surface area contributed by atoms with Crippen molar-refractivity contribution in [2.75, 3.05) is 6.61 Å². The van der Waals surface area contributed by atoms with E-state index in [1.54, 1.807) is 6.07 Å². The Labute approximate surface area is 142 Å². The number of hydrogen-bond donors (Lipinski definition) is 1. The Kier molecular flexibility index (Phi) is 4.95. The van der Waals surface area contributed by atoms with Gasteiger partial charge in [-0.25, -0.2) is 0 Å². The van der Waals surface area contributed by atoms with Crippen LogP contribution in [-0.2, 0) is 6.54 Å². The van der Waals surface area contributed by atoms with Gasteiger partial charge in [0.15, 0.2) is 0 Å². The maximum absolute atomic E-state index is 10.7. The van der Waals surface area contributed by atoms with E-state index in [9.17, 15) is 15.2 Å². The lowest BCUT2D eigenvalue weighted by Gasteiger charge is -2.11. The van der Waals surface area contributed by atoms with Crippen LogP contribution in [0, 0.1) is 10.1 Å². The van der Waals surface area contributed by atoms with Crippen molar-refractivity contribution in [1.29, 1.82) is 0 Å². The second-order valence-corrected chi connectivity index (χ2v) is 5.25. The Bertz CT molecular complexity index is 852. The smallest absolute Gasteiger partial charge is 0.273 e. The Hall–Kier alpha value is -3.33. The van der Waals surface area contributed by atoms with Gasteiger partial charge in [0.1, 0.15) is 18.5 Å². The number of nitrogens with zero attached hydrogens (tertiary/aromatic N) is 5. The summed E-state index contributed by atoms with van der Waals surface area (Å²) in [6.07, 6.45) is -0.892. The Morgan fingerprint density at radius 1 is 1.20 bits per heavy atom. The topological polar surface area (TPSA) is 116 Å². The van der Waals surface area contributed by atoms with Gasteiger partial charge in [-0.3, -0.25) is 10.1 Å². The average Bonchev–Trinajstić information content (AvgIpc) is 3.09. The maximum atomic E-state index is 10.7. The zero-order chi connectivity index (χ0) is 17.6. The van der Waals surface area contributed by atoms with Crippen molar-refractivity contribution in [3.05, 3.63) is 64.7 Å². The molecule has 0 radical (unpaired) electrons. The molecule has 3 aromatic rings. The van der Waals surface area contributed by atoms with Crippen LogP contribution < -0.4 is 4.74 Å². The van der Waals surface area contributed by atoms with Crippen LogP contribution in [0.25, 0.3) is 11.4 Å². The number of aliphatic hydroxyl groups is 1. The highest BCUT2D eigenvalue weighted by atomic mass is 16.6. The van der Waals surface area contributed by atoms with Gasteiger partial charge >= 0.3 is 0 Å². The number of nitro benzene ring substituents is 1. The molecule has 3 rings (SSSR count). The fraction of sp³-hybridized carbons (Fsp3) is 0.188. The summed E-state index contributed by atoms with van der Waals surface area (Å²) in [5, 5.41) is 32.8. The zero-order valence-corrected chi connectivity index (χ0v) is 13.1. The fourth-order valence-electron chi connectivity index (χ4n) is 2.14. The highest BCUT2D eigenvalue weighted by Gasteiger charge is 2.12. The lowest BCUT2D eigenvalue weighted by Crippen LogP contribution is -2.25. The first-order valence-corrected chi connectivity index (χ1v) is 7.50. The normalized spacial score (nSPS) is 11.9. The molecule has 2 aromatic carbocycles. The highest BCUT2D eigenvalue weighted by molar-refractivity contribution is 5.52. The Morgan fingerprint density at radius 2 is 2.00 bits per heavy atom. The largest absolute Gasteiger partial charge is 0.491 e. The van der Waals surface area contributed by atoms with Crippen molar-refractivity contribution in [2.24, 2.45) is 0 Å². The molecule has 1 unspecified atom stereocenters. The second kappa shape index (κ2) is 7.49. The molecular weight excluding hydrogens is 326 g/mol. The molecule has 0 saturated heterocycles. The summed E-state index contributed by atoms with van der Waals surface area (Å²) in [6, 6.07) is 15.1. The number of non-ortho nitro benzene ring substituents is 1. The van der Waals surface area contributed by atoms with E-state index in [0.29, 0.717) is 11.6 Å². The van der Waals surface area contributed by atoms with Crippen LogP contribution in [-0.4, -0.2) is 42.9 Å². The van der Waals surface area contributed by atoms with Crippen LogP contribution in [0.1, 0.15) is 0 Å². The summed E-state index contributed by atoms with van der Waals surface area (Å²) in [7, 11) is 0. The van der Waals surface area contributed by atoms with Gasteiger partial charge in [0.05, 0.1) is 17.5 Å². The number of benzene rings is 2. The molecule has 0 aliphatic rings. The monoisotopic (exact) mass is 341 g/mol. The maximum Gasteiger partial charge on any atom is 0.273 e. The predicted molar refractivity (Wildman–Crippen MR) is 87.9 cm³/mol. The van der Waals surface area contributed by atoms with E-state index in [1.165, 1.54) is 23.0 Å². The van der Waals surface area contributed by atoms with E-state index in [1.807, 2.05) is 30.3 Å². The van der Waals surface area contributed by atoms with Crippen molar-refractivity contribution >= 4 is 5.69 Å². The minimum absolute atomic E-state index is 0.0522. The molecule has 9 nitrogen and oxygen atoms in total. The molecule has 0 fully saturated rings. The quantitative estimate of drug-likeness (QED) is 0.513. The first-order chi connectivity index (χ1) is 12.1. The summed E-state index contributed by atoms with van der Waals surface area (Å²) >= 11 is 0. The molecule has 25 heavy (non-hydrogen) atoms. The third-order valence-electron chi connectivity index (χ3n) is 3.33. The van der Waals surface area contributed by atoms with Crippen molar-refractivity contribution in [3.8, 4) is 17.1 Å². The van der Waals surface area contributed by atoms with Crippen LogP contribution in [0.5, 0.6) is 5.75 Å². The number of tetrazole rings is 1. The molecule has 0 amide bonds. The van der Waals surface area contributed by atoms with Crippen LogP contribution >= 0.6 is 0 Å². The van der Waals surface area contributed by atoms with E-state index in [0.717, 1.165) is 5.56 Å². The Balaban J connectivity index is 1.56. The first-order valence-electron chi connectivity index (χ1n) is 7.50. The number of aromatic nitrogens is 4. The third kappa shape index (κ3) is 4.36. The minimum Gasteiger partial charge on any atom is -0.491 e. The van der Waals surface area contributed by atoms with Crippen molar-refractivity contribution < 1.29 is 14.8 Å². The van der Waals surface area contributed by atoms with Crippen LogP contribution in [0.15, 0.2) is 54.6 Å². The molecule has 1 heterocycles. The summed E-state index contributed by atoms with van der Waals surface area (Å²) < 4.78 is 5.38. The Morgan fingerprint density at radius 3 is 2.76 bits per heavy atom. The highest BCUT2D eigenvalue weighted by Crippen LogP contribution is 2.19. The lowest BCUT2D eigenvalue weighted by atomic mass is 10.2. The van der Waals surface area contributed by atoms with E-state index in [-0.39, 0.29) is 18.8 Å². The van der Waals surface area contributed by atoms with Crippen LogP contribution in [0.3, 0.4) is 0 Å². The first kappa shape index (κ1) is 16.5. The average molecular weight is 341 g/mol. The SMILES string of the molecule is O=[N+]([O-])c1cccc(OCC(O)Cn2nnc(-c3ccccc3)n2)c1. The number of aliphatic hydroxyl groups excluding tert-OH is 1. The van der Waals surface area contributed by atoms with E-state index >= 15 is 0 Å². The van der Waals surface area contributed by atoms with Crippen molar-refractivity contribution in [2.45, 2.75) is 12.6 Å². The summed E-state index contributed by atoms with van der Waals surface area (Å²) in [5.41, 5.74) is 0.758. The van der Waals surface area contributed by atoms with E-state index in [4.69, 9.17) is 4.74 Å². The number of rotatable bonds is 7. The molecule has 0 spiro atoms. The van der Waals surface area contributed by atoms with Crippen LogP contribution in [0.2, 0.25) is 0 Å². The van der Waals surface area contributed by atoms with Crippen molar-refractivity contribution in [1.82, 2.24) is 20.2 Å². The second-order valence-electron chi connectivity index (χ2n) is 5.25. The lowest BCUT2D eigenvalue weighted by molar-refractivity contribution is -0.384. The molecule has 0 bridgehead atoms. The van der Waals surface area contributed by atoms with Gasteiger partial charge in [-0.1, -0.05) is 36.4 Å². The van der Waals surface area contributed by atoms with Crippen molar-refractivity contribution in [3.63, 3.8) is 0 Å².